The highest BCUT2D eigenvalue weighted by Crippen LogP contribution is 2.45. The van der Waals surface area contributed by atoms with Crippen molar-refractivity contribution >= 4 is 24.6 Å². The second-order valence-corrected chi connectivity index (χ2v) is 13.0. The number of hydrogen-bond donors (Lipinski definition) is 1. The van der Waals surface area contributed by atoms with Gasteiger partial charge in [-0.15, -0.1) is 0 Å². The number of halogens is 1. The van der Waals surface area contributed by atoms with Gasteiger partial charge in [-0.05, 0) is 102 Å². The van der Waals surface area contributed by atoms with E-state index in [1.54, 1.807) is 6.92 Å². The maximum absolute atomic E-state index is 12.6. The standard InChI is InChI=1S/C30H48BClN2O4/c1-7-8-11-27(34-36)30(33-22(2)35,20-9-10-21-31-37-28(3,4)29(5,6)38-31)25-16-12-23(13-17-25)24-14-18-26(32)19-15-24/h14-15,18-19,23,25,27H,7-13,16-17,20-21H2,1-6H3,(H,33,35). The Morgan fingerprint density at radius 1 is 1.08 bits per heavy atom. The van der Waals surface area contributed by atoms with Gasteiger partial charge in [0.2, 0.25) is 5.91 Å². The molecule has 1 heterocycles. The zero-order valence-electron chi connectivity index (χ0n) is 24.4. The van der Waals surface area contributed by atoms with Crippen molar-refractivity contribution in [2.45, 2.75) is 141 Å². The van der Waals surface area contributed by atoms with Crippen LogP contribution in [0, 0.1) is 10.8 Å². The molecule has 0 radical (unpaired) electrons. The summed E-state index contributed by atoms with van der Waals surface area (Å²) in [4.78, 5) is 24.9. The lowest BCUT2D eigenvalue weighted by atomic mass is 9.64. The molecule has 2 fully saturated rings. The average Bonchev–Trinajstić information content (AvgIpc) is 3.08. The SMILES string of the molecule is CCCCC(N=O)C(CCCCB1OC(C)(C)C(C)(C)O1)(NC(C)=O)C1CCC(c2ccc(Cl)cc2)CC1. The van der Waals surface area contributed by atoms with Gasteiger partial charge >= 0.3 is 7.12 Å². The van der Waals surface area contributed by atoms with E-state index in [9.17, 15) is 9.70 Å². The number of benzene rings is 1. The lowest BCUT2D eigenvalue weighted by Gasteiger charge is -2.47. The van der Waals surface area contributed by atoms with Crippen LogP contribution in [-0.2, 0) is 14.1 Å². The first-order valence-corrected chi connectivity index (χ1v) is 15.0. The molecule has 8 heteroatoms. The minimum absolute atomic E-state index is 0.0825. The van der Waals surface area contributed by atoms with E-state index in [4.69, 9.17) is 20.9 Å². The normalized spacial score (nSPS) is 25.0. The predicted octanol–water partition coefficient (Wildman–Crippen LogP) is 8.08. The fourth-order valence-corrected chi connectivity index (χ4v) is 6.63. The van der Waals surface area contributed by atoms with Crippen molar-refractivity contribution in [3.05, 3.63) is 39.8 Å². The minimum atomic E-state index is -0.621. The lowest BCUT2D eigenvalue weighted by molar-refractivity contribution is -0.122. The smallest absolute Gasteiger partial charge is 0.403 e. The second-order valence-electron chi connectivity index (χ2n) is 12.5. The molecular weight excluding hydrogens is 499 g/mol. The monoisotopic (exact) mass is 546 g/mol. The molecule has 1 amide bonds. The molecule has 1 aliphatic heterocycles. The largest absolute Gasteiger partial charge is 0.457 e. The Kier molecular flexibility index (Phi) is 10.9. The van der Waals surface area contributed by atoms with Crippen LogP contribution in [0.1, 0.15) is 117 Å². The van der Waals surface area contributed by atoms with Gasteiger partial charge in [0.15, 0.2) is 0 Å². The van der Waals surface area contributed by atoms with Crippen molar-refractivity contribution in [3.63, 3.8) is 0 Å². The number of carbonyl (C=O) groups excluding carboxylic acids is 1. The molecule has 0 aromatic heterocycles. The first-order chi connectivity index (χ1) is 17.9. The summed E-state index contributed by atoms with van der Waals surface area (Å²) in [7, 11) is -0.231. The van der Waals surface area contributed by atoms with Crippen molar-refractivity contribution in [3.8, 4) is 0 Å². The van der Waals surface area contributed by atoms with Crippen LogP contribution in [0.4, 0.5) is 0 Å². The van der Waals surface area contributed by atoms with Crippen molar-refractivity contribution in [1.29, 1.82) is 0 Å². The highest BCUT2D eigenvalue weighted by atomic mass is 35.5. The molecule has 3 rings (SSSR count). The Balaban J connectivity index is 1.73. The van der Waals surface area contributed by atoms with Crippen LogP contribution in [0.5, 0.6) is 0 Å². The fraction of sp³-hybridized carbons (Fsp3) is 0.767. The van der Waals surface area contributed by atoms with Gasteiger partial charge in [0, 0.05) is 11.9 Å². The summed E-state index contributed by atoms with van der Waals surface area (Å²) in [5, 5.41) is 7.76. The molecule has 1 aromatic rings. The molecule has 1 aromatic carbocycles. The van der Waals surface area contributed by atoms with Crippen LogP contribution < -0.4 is 5.32 Å². The Bertz CT molecular complexity index is 901. The van der Waals surface area contributed by atoms with Gasteiger partial charge in [0.1, 0.15) is 6.04 Å². The van der Waals surface area contributed by atoms with E-state index in [2.05, 4.69) is 57.2 Å². The van der Waals surface area contributed by atoms with Crippen LogP contribution in [-0.4, -0.2) is 35.8 Å². The molecule has 1 aliphatic carbocycles. The van der Waals surface area contributed by atoms with E-state index in [0.717, 1.165) is 69.1 Å². The van der Waals surface area contributed by atoms with E-state index in [1.807, 2.05) is 12.1 Å². The van der Waals surface area contributed by atoms with Gasteiger partial charge in [-0.2, -0.15) is 4.91 Å². The quantitative estimate of drug-likeness (QED) is 0.154. The van der Waals surface area contributed by atoms with E-state index in [-0.39, 0.29) is 30.1 Å². The maximum Gasteiger partial charge on any atom is 0.457 e. The molecule has 0 bridgehead atoms. The molecular formula is C30H48BClN2O4. The Hall–Kier alpha value is -1.44. The lowest BCUT2D eigenvalue weighted by Crippen LogP contribution is -2.60. The number of nitrogens with zero attached hydrogens (tertiary/aromatic N) is 1. The van der Waals surface area contributed by atoms with Crippen LogP contribution in [0.2, 0.25) is 11.3 Å². The summed E-state index contributed by atoms with van der Waals surface area (Å²) >= 11 is 6.11. The summed E-state index contributed by atoms with van der Waals surface area (Å²) in [6.45, 7) is 12.0. The molecule has 2 aliphatic rings. The number of unbranched alkanes of at least 4 members (excludes halogenated alkanes) is 2. The van der Waals surface area contributed by atoms with E-state index in [1.165, 1.54) is 5.56 Å². The highest BCUT2D eigenvalue weighted by Gasteiger charge is 2.51. The van der Waals surface area contributed by atoms with Gasteiger partial charge in [0.25, 0.3) is 0 Å². The summed E-state index contributed by atoms with van der Waals surface area (Å²) in [5.74, 6) is 0.604. The summed E-state index contributed by atoms with van der Waals surface area (Å²) in [5.41, 5.74) is 0.0143. The maximum atomic E-state index is 12.6. The van der Waals surface area contributed by atoms with Gasteiger partial charge in [0.05, 0.1) is 16.7 Å². The molecule has 0 spiro atoms. The van der Waals surface area contributed by atoms with Gasteiger partial charge in [-0.1, -0.05) is 61.5 Å². The third-order valence-corrected chi connectivity index (χ3v) is 9.59. The Morgan fingerprint density at radius 3 is 2.21 bits per heavy atom. The van der Waals surface area contributed by atoms with Crippen LogP contribution in [0.15, 0.2) is 29.4 Å². The van der Waals surface area contributed by atoms with Crippen LogP contribution >= 0.6 is 11.6 Å². The number of rotatable bonds is 13. The van der Waals surface area contributed by atoms with Crippen molar-refractivity contribution in [1.82, 2.24) is 5.32 Å². The molecule has 2 unspecified atom stereocenters. The number of hydrogen-bond acceptors (Lipinski definition) is 5. The van der Waals surface area contributed by atoms with Gasteiger partial charge in [-0.3, -0.25) is 4.79 Å². The van der Waals surface area contributed by atoms with Crippen LogP contribution in [0.25, 0.3) is 0 Å². The Morgan fingerprint density at radius 2 is 1.68 bits per heavy atom. The number of nitrogens with one attached hydrogen (secondary N) is 1. The average molecular weight is 547 g/mol. The zero-order chi connectivity index (χ0) is 28.0. The van der Waals surface area contributed by atoms with E-state index in [0.29, 0.717) is 12.3 Å². The summed E-state index contributed by atoms with van der Waals surface area (Å²) in [6, 6.07) is 7.74. The molecule has 1 saturated carbocycles. The second kappa shape index (κ2) is 13.3. The minimum Gasteiger partial charge on any atom is -0.403 e. The zero-order valence-corrected chi connectivity index (χ0v) is 25.1. The number of amides is 1. The molecule has 2 atom stereocenters. The van der Waals surface area contributed by atoms with Gasteiger partial charge in [-0.25, -0.2) is 0 Å². The predicted molar refractivity (Wildman–Crippen MR) is 157 cm³/mol. The third-order valence-electron chi connectivity index (χ3n) is 9.34. The first kappa shape index (κ1) is 31.1. The summed E-state index contributed by atoms with van der Waals surface area (Å²) < 4.78 is 12.4. The van der Waals surface area contributed by atoms with E-state index < -0.39 is 11.6 Å². The molecule has 38 heavy (non-hydrogen) atoms. The third kappa shape index (κ3) is 7.40. The van der Waals surface area contributed by atoms with Crippen molar-refractivity contribution in [2.75, 3.05) is 0 Å². The summed E-state index contributed by atoms with van der Waals surface area (Å²) in [6.07, 6.45) is 9.90. The Labute approximate surface area is 235 Å². The van der Waals surface area contributed by atoms with Crippen molar-refractivity contribution < 1.29 is 14.1 Å². The molecule has 1 saturated heterocycles. The van der Waals surface area contributed by atoms with Crippen molar-refractivity contribution in [2.24, 2.45) is 11.1 Å². The highest BCUT2D eigenvalue weighted by molar-refractivity contribution is 6.45. The first-order valence-electron chi connectivity index (χ1n) is 14.7. The van der Waals surface area contributed by atoms with Gasteiger partial charge < -0.3 is 14.6 Å². The fourth-order valence-electron chi connectivity index (χ4n) is 6.51. The van der Waals surface area contributed by atoms with E-state index >= 15 is 0 Å². The number of carbonyl (C=O) groups is 1. The molecule has 6 nitrogen and oxygen atoms in total. The van der Waals surface area contributed by atoms with Crippen LogP contribution in [0.3, 0.4) is 0 Å². The molecule has 212 valence electrons. The molecule has 1 N–H and O–H groups in total. The topological polar surface area (TPSA) is 77.0 Å². The number of nitroso groups, excluding NO2 is 1.